The monoisotopic (exact) mass is 312 g/mol. The first kappa shape index (κ1) is 14.9. The fourth-order valence-electron chi connectivity index (χ4n) is 1.44. The normalized spacial score (nSPS) is 14.7. The van der Waals surface area contributed by atoms with Crippen molar-refractivity contribution in [1.29, 1.82) is 0 Å². The lowest BCUT2D eigenvalue weighted by atomic mass is 10.4. The molecular weight excluding hydrogens is 300 g/mol. The summed E-state index contributed by atoms with van der Waals surface area (Å²) in [7, 11) is 2.99. The van der Waals surface area contributed by atoms with Gasteiger partial charge in [0.25, 0.3) is 11.8 Å². The topological polar surface area (TPSA) is 76.6 Å². The summed E-state index contributed by atoms with van der Waals surface area (Å²) in [6.07, 6.45) is 3.78. The SMILES string of the molecule is O=C(CCSSc1cccnc1)ON1C(=O)CCC1=O. The summed E-state index contributed by atoms with van der Waals surface area (Å²) >= 11 is 0. The number of imide groups is 1. The van der Waals surface area contributed by atoms with Gasteiger partial charge in [-0.05, 0) is 12.1 Å². The Hall–Kier alpha value is -1.54. The summed E-state index contributed by atoms with van der Waals surface area (Å²) in [4.78, 5) is 43.7. The minimum Gasteiger partial charge on any atom is -0.330 e. The summed E-state index contributed by atoms with van der Waals surface area (Å²) in [5.74, 6) is -0.969. The Balaban J connectivity index is 1.65. The van der Waals surface area contributed by atoms with E-state index in [0.29, 0.717) is 10.8 Å². The lowest BCUT2D eigenvalue weighted by molar-refractivity contribution is -0.197. The Morgan fingerprint density at radius 1 is 1.35 bits per heavy atom. The zero-order chi connectivity index (χ0) is 14.4. The zero-order valence-electron chi connectivity index (χ0n) is 10.5. The van der Waals surface area contributed by atoms with Gasteiger partial charge < -0.3 is 4.84 Å². The number of aromatic nitrogens is 1. The van der Waals surface area contributed by atoms with Gasteiger partial charge in [0.1, 0.15) is 0 Å². The van der Waals surface area contributed by atoms with Crippen molar-refractivity contribution in [3.05, 3.63) is 24.5 Å². The molecule has 1 aromatic rings. The van der Waals surface area contributed by atoms with Crippen molar-refractivity contribution in [1.82, 2.24) is 10.0 Å². The van der Waals surface area contributed by atoms with E-state index in [1.54, 1.807) is 12.4 Å². The van der Waals surface area contributed by atoms with E-state index in [9.17, 15) is 14.4 Å². The molecule has 106 valence electrons. The molecule has 0 saturated carbocycles. The predicted molar refractivity (Wildman–Crippen MR) is 74.3 cm³/mol. The second-order valence-electron chi connectivity index (χ2n) is 3.89. The Morgan fingerprint density at radius 3 is 2.75 bits per heavy atom. The first-order valence-electron chi connectivity index (χ1n) is 5.93. The van der Waals surface area contributed by atoms with Crippen molar-refractivity contribution < 1.29 is 19.2 Å². The molecule has 0 N–H and O–H groups in total. The second kappa shape index (κ2) is 7.30. The van der Waals surface area contributed by atoms with Crippen LogP contribution >= 0.6 is 21.6 Å². The molecule has 0 bridgehead atoms. The van der Waals surface area contributed by atoms with Crippen molar-refractivity contribution in [3.8, 4) is 0 Å². The van der Waals surface area contributed by atoms with Crippen LogP contribution in [0, 0.1) is 0 Å². The van der Waals surface area contributed by atoms with Crippen molar-refractivity contribution in [3.63, 3.8) is 0 Å². The molecule has 0 spiro atoms. The maximum atomic E-state index is 11.5. The van der Waals surface area contributed by atoms with E-state index in [1.807, 2.05) is 12.1 Å². The molecule has 2 heterocycles. The zero-order valence-corrected chi connectivity index (χ0v) is 12.1. The van der Waals surface area contributed by atoms with Gasteiger partial charge in [-0.2, -0.15) is 0 Å². The van der Waals surface area contributed by atoms with Crippen molar-refractivity contribution in [2.75, 3.05) is 5.75 Å². The molecule has 1 aliphatic heterocycles. The molecule has 1 fully saturated rings. The number of amides is 2. The molecule has 0 radical (unpaired) electrons. The molecule has 1 saturated heterocycles. The van der Waals surface area contributed by atoms with Crippen molar-refractivity contribution in [2.24, 2.45) is 0 Å². The summed E-state index contributed by atoms with van der Waals surface area (Å²) in [5, 5.41) is 0.571. The summed E-state index contributed by atoms with van der Waals surface area (Å²) < 4.78 is 0. The number of hydroxylamine groups is 2. The molecule has 1 aromatic heterocycles. The van der Waals surface area contributed by atoms with E-state index < -0.39 is 17.8 Å². The average molecular weight is 312 g/mol. The van der Waals surface area contributed by atoms with E-state index in [4.69, 9.17) is 4.84 Å². The van der Waals surface area contributed by atoms with Gasteiger partial charge in [0.2, 0.25) is 0 Å². The van der Waals surface area contributed by atoms with Crippen LogP contribution in [0.2, 0.25) is 0 Å². The van der Waals surface area contributed by atoms with Crippen molar-refractivity contribution >= 4 is 39.4 Å². The molecule has 1 aliphatic rings. The van der Waals surface area contributed by atoms with Gasteiger partial charge in [0.15, 0.2) is 0 Å². The fourth-order valence-corrected chi connectivity index (χ4v) is 3.35. The quantitative estimate of drug-likeness (QED) is 0.450. The molecule has 2 amide bonds. The Labute approximate surface area is 123 Å². The van der Waals surface area contributed by atoms with Gasteiger partial charge in [-0.1, -0.05) is 21.6 Å². The lowest BCUT2D eigenvalue weighted by Crippen LogP contribution is -2.32. The Bertz CT molecular complexity index is 493. The standard InChI is InChI=1S/C12H12N2O4S2/c15-10-3-4-11(16)14(10)18-12(17)5-7-19-20-9-2-1-6-13-8-9/h1-2,6,8H,3-5,7H2. The molecule has 6 nitrogen and oxygen atoms in total. The third-order valence-corrected chi connectivity index (χ3v) is 4.73. The molecule has 2 rings (SSSR count). The van der Waals surface area contributed by atoms with Gasteiger partial charge >= 0.3 is 5.97 Å². The van der Waals surface area contributed by atoms with Crippen LogP contribution in [0.3, 0.4) is 0 Å². The Kier molecular flexibility index (Phi) is 5.42. The van der Waals surface area contributed by atoms with Crippen LogP contribution in [-0.4, -0.2) is 33.6 Å². The van der Waals surface area contributed by atoms with Crippen LogP contribution in [0.4, 0.5) is 0 Å². The van der Waals surface area contributed by atoms with Gasteiger partial charge in [0, 0.05) is 35.9 Å². The highest BCUT2D eigenvalue weighted by Crippen LogP contribution is 2.30. The van der Waals surface area contributed by atoms with Gasteiger partial charge in [0.05, 0.1) is 6.42 Å². The molecule has 8 heteroatoms. The molecule has 20 heavy (non-hydrogen) atoms. The third-order valence-electron chi connectivity index (χ3n) is 2.38. The highest BCUT2D eigenvalue weighted by molar-refractivity contribution is 8.76. The minimum atomic E-state index is -0.576. The molecule has 0 aromatic carbocycles. The average Bonchev–Trinajstić information content (AvgIpc) is 2.77. The maximum absolute atomic E-state index is 11.5. The fraction of sp³-hybridized carbons (Fsp3) is 0.333. The van der Waals surface area contributed by atoms with Crippen LogP contribution in [-0.2, 0) is 19.2 Å². The van der Waals surface area contributed by atoms with E-state index in [0.717, 1.165) is 4.90 Å². The Morgan fingerprint density at radius 2 is 2.10 bits per heavy atom. The largest absolute Gasteiger partial charge is 0.334 e. The van der Waals surface area contributed by atoms with E-state index >= 15 is 0 Å². The van der Waals surface area contributed by atoms with Crippen molar-refractivity contribution in [2.45, 2.75) is 24.2 Å². The van der Waals surface area contributed by atoms with Crippen LogP contribution in [0.25, 0.3) is 0 Å². The molecule has 0 unspecified atom stereocenters. The van der Waals surface area contributed by atoms with Gasteiger partial charge in [-0.15, -0.1) is 5.06 Å². The summed E-state index contributed by atoms with van der Waals surface area (Å²) in [6.45, 7) is 0. The smallest absolute Gasteiger partial charge is 0.330 e. The van der Waals surface area contributed by atoms with Crippen LogP contribution < -0.4 is 0 Å². The number of hydrogen-bond donors (Lipinski definition) is 0. The molecule has 0 atom stereocenters. The number of nitrogens with zero attached hydrogens (tertiary/aromatic N) is 2. The van der Waals surface area contributed by atoms with E-state index in [-0.39, 0.29) is 19.3 Å². The van der Waals surface area contributed by atoms with Crippen LogP contribution in [0.15, 0.2) is 29.4 Å². The summed E-state index contributed by atoms with van der Waals surface area (Å²) in [6, 6.07) is 3.76. The minimum absolute atomic E-state index is 0.109. The molecule has 0 aliphatic carbocycles. The number of carbonyl (C=O) groups is 3. The predicted octanol–water partition coefficient (Wildman–Crippen LogP) is 1.82. The van der Waals surface area contributed by atoms with Crippen LogP contribution in [0.1, 0.15) is 19.3 Å². The first-order valence-corrected chi connectivity index (χ1v) is 8.25. The molecular formula is C12H12N2O4S2. The first-order chi connectivity index (χ1) is 9.66. The number of rotatable bonds is 6. The van der Waals surface area contributed by atoms with Crippen LogP contribution in [0.5, 0.6) is 0 Å². The maximum Gasteiger partial charge on any atom is 0.334 e. The van der Waals surface area contributed by atoms with E-state index in [2.05, 4.69) is 4.98 Å². The number of hydrogen-bond acceptors (Lipinski definition) is 7. The second-order valence-corrected chi connectivity index (χ2v) is 6.38. The summed E-state index contributed by atoms with van der Waals surface area (Å²) in [5.41, 5.74) is 0. The van der Waals surface area contributed by atoms with Gasteiger partial charge in [-0.3, -0.25) is 14.6 Å². The highest BCUT2D eigenvalue weighted by Gasteiger charge is 2.32. The van der Waals surface area contributed by atoms with Gasteiger partial charge in [-0.25, -0.2) is 4.79 Å². The highest BCUT2D eigenvalue weighted by atomic mass is 33.1. The number of pyridine rings is 1. The number of carbonyl (C=O) groups excluding carboxylic acids is 3. The lowest BCUT2D eigenvalue weighted by Gasteiger charge is -2.12. The van der Waals surface area contributed by atoms with E-state index in [1.165, 1.54) is 21.6 Å². The third kappa shape index (κ3) is 4.24.